The predicted molar refractivity (Wildman–Crippen MR) is 85.0 cm³/mol. The van der Waals surface area contributed by atoms with Gasteiger partial charge in [-0.2, -0.15) is 0 Å². The van der Waals surface area contributed by atoms with E-state index in [9.17, 15) is 0 Å². The number of hydrogen-bond acceptors (Lipinski definition) is 2. The van der Waals surface area contributed by atoms with Gasteiger partial charge in [-0.1, -0.05) is 42.5 Å². The van der Waals surface area contributed by atoms with E-state index < -0.39 is 0 Å². The number of allylic oxidation sites excluding steroid dienone is 2. The number of hydrogen-bond donors (Lipinski definition) is 0. The summed E-state index contributed by atoms with van der Waals surface area (Å²) in [5, 5.41) is 0. The maximum atomic E-state index is 5.81. The van der Waals surface area contributed by atoms with E-state index in [1.807, 2.05) is 0 Å². The van der Waals surface area contributed by atoms with Crippen LogP contribution in [0.2, 0.25) is 0 Å². The molecule has 110 valence electrons. The van der Waals surface area contributed by atoms with Crippen LogP contribution in [0.25, 0.3) is 0 Å². The van der Waals surface area contributed by atoms with Crippen LogP contribution in [0.1, 0.15) is 31.2 Å². The Hall–Kier alpha value is -1.38. The Morgan fingerprint density at radius 2 is 2.00 bits per heavy atom. The van der Waals surface area contributed by atoms with Crippen molar-refractivity contribution in [2.75, 3.05) is 13.2 Å². The molecule has 3 aliphatic rings. The lowest BCUT2D eigenvalue weighted by Gasteiger charge is -2.45. The molecule has 1 aliphatic carbocycles. The van der Waals surface area contributed by atoms with Gasteiger partial charge >= 0.3 is 0 Å². The maximum Gasteiger partial charge on any atom is 0.0658 e. The molecular weight excluding hydrogens is 258 g/mol. The van der Waals surface area contributed by atoms with E-state index in [0.717, 1.165) is 26.2 Å². The van der Waals surface area contributed by atoms with Gasteiger partial charge in [-0.3, -0.25) is 4.90 Å². The van der Waals surface area contributed by atoms with Crippen LogP contribution in [0.15, 0.2) is 53.6 Å². The molecule has 0 spiro atoms. The van der Waals surface area contributed by atoms with Crippen LogP contribution in [-0.4, -0.2) is 30.2 Å². The fourth-order valence-corrected chi connectivity index (χ4v) is 3.90. The third kappa shape index (κ3) is 2.70. The molecule has 0 amide bonds. The summed E-state index contributed by atoms with van der Waals surface area (Å²) in [6, 6.07) is 11.8. The monoisotopic (exact) mass is 281 g/mol. The Bertz CT molecular complexity index is 560. The zero-order valence-corrected chi connectivity index (χ0v) is 12.5. The highest BCUT2D eigenvalue weighted by Gasteiger charge is 2.35. The molecule has 1 fully saturated rings. The number of benzene rings is 1. The summed E-state index contributed by atoms with van der Waals surface area (Å²) in [4.78, 5) is 2.64. The number of morpholine rings is 1. The molecule has 1 aromatic carbocycles. The van der Waals surface area contributed by atoms with Crippen LogP contribution < -0.4 is 0 Å². The van der Waals surface area contributed by atoms with Crippen molar-refractivity contribution in [1.29, 1.82) is 0 Å². The van der Waals surface area contributed by atoms with E-state index in [0.29, 0.717) is 12.1 Å². The molecule has 0 saturated carbocycles. The highest BCUT2D eigenvalue weighted by molar-refractivity contribution is 5.37. The van der Waals surface area contributed by atoms with E-state index in [1.165, 1.54) is 24.8 Å². The minimum Gasteiger partial charge on any atom is -0.378 e. The third-order valence-corrected chi connectivity index (χ3v) is 5.00. The summed E-state index contributed by atoms with van der Waals surface area (Å²) < 4.78 is 5.81. The summed E-state index contributed by atoms with van der Waals surface area (Å²) >= 11 is 0. The molecular formula is C19H23NO. The lowest BCUT2D eigenvalue weighted by Crippen LogP contribution is -2.53. The Morgan fingerprint density at radius 3 is 2.76 bits per heavy atom. The average molecular weight is 281 g/mol. The summed E-state index contributed by atoms with van der Waals surface area (Å²) in [7, 11) is 0. The largest absolute Gasteiger partial charge is 0.378 e. The standard InChI is InChI=1S/C19H23NO/c1-2-6-15(7-3-1)12-20-18-10-17(16-8-4-5-9-16)11-19(20)14-21-13-18/h1-3,6-8,10,18-19H,4-5,9,11-14H2. The fraction of sp³-hybridized carbons (Fsp3) is 0.474. The predicted octanol–water partition coefficient (Wildman–Crippen LogP) is 3.70. The third-order valence-electron chi connectivity index (χ3n) is 5.00. The molecule has 2 heteroatoms. The Labute approximate surface area is 127 Å². The molecule has 0 N–H and O–H groups in total. The highest BCUT2D eigenvalue weighted by atomic mass is 16.5. The van der Waals surface area contributed by atoms with Crippen molar-refractivity contribution in [3.8, 4) is 0 Å². The second kappa shape index (κ2) is 5.78. The van der Waals surface area contributed by atoms with E-state index in [4.69, 9.17) is 4.74 Å². The van der Waals surface area contributed by atoms with Gasteiger partial charge in [0.25, 0.3) is 0 Å². The molecule has 2 atom stereocenters. The van der Waals surface area contributed by atoms with Gasteiger partial charge in [0.05, 0.1) is 19.3 Å². The van der Waals surface area contributed by atoms with Crippen molar-refractivity contribution in [1.82, 2.24) is 4.90 Å². The van der Waals surface area contributed by atoms with E-state index in [1.54, 1.807) is 11.1 Å². The Balaban J connectivity index is 1.56. The van der Waals surface area contributed by atoms with Crippen LogP contribution in [0, 0.1) is 0 Å². The van der Waals surface area contributed by atoms with Crippen LogP contribution in [0.3, 0.4) is 0 Å². The van der Waals surface area contributed by atoms with Gasteiger partial charge in [0.15, 0.2) is 0 Å². The number of fused-ring (bicyclic) bond motifs is 2. The summed E-state index contributed by atoms with van der Waals surface area (Å²) in [6.45, 7) is 2.77. The molecule has 0 aromatic heterocycles. The molecule has 2 aliphatic heterocycles. The molecule has 1 aromatic rings. The lowest BCUT2D eigenvalue weighted by atomic mass is 9.89. The van der Waals surface area contributed by atoms with Gasteiger partial charge in [0, 0.05) is 12.6 Å². The minimum atomic E-state index is 0.453. The van der Waals surface area contributed by atoms with Crippen molar-refractivity contribution >= 4 is 0 Å². The fourth-order valence-electron chi connectivity index (χ4n) is 3.90. The smallest absolute Gasteiger partial charge is 0.0658 e. The van der Waals surface area contributed by atoms with Gasteiger partial charge in [0.1, 0.15) is 0 Å². The van der Waals surface area contributed by atoms with Gasteiger partial charge < -0.3 is 4.74 Å². The number of nitrogens with zero attached hydrogens (tertiary/aromatic N) is 1. The first-order chi connectivity index (χ1) is 10.4. The minimum absolute atomic E-state index is 0.453. The molecule has 2 heterocycles. The zero-order valence-electron chi connectivity index (χ0n) is 12.5. The second-order valence-electron chi connectivity index (χ2n) is 6.43. The van der Waals surface area contributed by atoms with Gasteiger partial charge in [-0.15, -0.1) is 0 Å². The molecule has 2 unspecified atom stereocenters. The lowest BCUT2D eigenvalue weighted by molar-refractivity contribution is -0.0434. The highest BCUT2D eigenvalue weighted by Crippen LogP contribution is 2.35. The molecule has 0 radical (unpaired) electrons. The molecule has 4 rings (SSSR count). The second-order valence-corrected chi connectivity index (χ2v) is 6.43. The number of ether oxygens (including phenoxy) is 1. The molecule has 2 bridgehead atoms. The molecule has 2 nitrogen and oxygen atoms in total. The quantitative estimate of drug-likeness (QED) is 0.837. The first-order valence-corrected chi connectivity index (χ1v) is 8.17. The van der Waals surface area contributed by atoms with Crippen LogP contribution in [0.4, 0.5) is 0 Å². The summed E-state index contributed by atoms with van der Waals surface area (Å²) in [6.07, 6.45) is 9.99. The summed E-state index contributed by atoms with van der Waals surface area (Å²) in [5.41, 5.74) is 4.63. The molecule has 1 saturated heterocycles. The van der Waals surface area contributed by atoms with Gasteiger partial charge in [0.2, 0.25) is 0 Å². The van der Waals surface area contributed by atoms with Crippen LogP contribution in [0.5, 0.6) is 0 Å². The van der Waals surface area contributed by atoms with Crippen molar-refractivity contribution < 1.29 is 4.74 Å². The van der Waals surface area contributed by atoms with Crippen molar-refractivity contribution in [2.45, 2.75) is 44.3 Å². The summed E-state index contributed by atoms with van der Waals surface area (Å²) in [5.74, 6) is 0. The topological polar surface area (TPSA) is 12.5 Å². The van der Waals surface area contributed by atoms with Crippen molar-refractivity contribution in [2.24, 2.45) is 0 Å². The normalized spacial score (nSPS) is 29.1. The van der Waals surface area contributed by atoms with Crippen molar-refractivity contribution in [3.63, 3.8) is 0 Å². The van der Waals surface area contributed by atoms with E-state index >= 15 is 0 Å². The SMILES string of the molecule is C1=C(C2=CC3COCC(C2)N3Cc2ccccc2)CCC1. The number of rotatable bonds is 3. The average Bonchev–Trinajstić information content (AvgIpc) is 3.02. The Kier molecular flexibility index (Phi) is 3.66. The van der Waals surface area contributed by atoms with Gasteiger partial charge in [-0.25, -0.2) is 0 Å². The van der Waals surface area contributed by atoms with Crippen LogP contribution >= 0.6 is 0 Å². The molecule has 21 heavy (non-hydrogen) atoms. The van der Waals surface area contributed by atoms with E-state index in [2.05, 4.69) is 47.4 Å². The first-order valence-electron chi connectivity index (χ1n) is 8.17. The van der Waals surface area contributed by atoms with Crippen molar-refractivity contribution in [3.05, 3.63) is 59.2 Å². The van der Waals surface area contributed by atoms with Gasteiger partial charge in [-0.05, 0) is 42.4 Å². The Morgan fingerprint density at radius 1 is 1.10 bits per heavy atom. The first kappa shape index (κ1) is 13.3. The zero-order chi connectivity index (χ0) is 14.1. The van der Waals surface area contributed by atoms with Crippen LogP contribution in [-0.2, 0) is 11.3 Å². The maximum absolute atomic E-state index is 5.81. The van der Waals surface area contributed by atoms with E-state index in [-0.39, 0.29) is 0 Å².